The number of benzene rings is 2. The number of rotatable bonds is 5. The van der Waals surface area contributed by atoms with Gasteiger partial charge in [-0.25, -0.2) is 0 Å². The molecule has 8 heteroatoms. The Balaban J connectivity index is 1.52. The Hall–Kier alpha value is -3.39. The first kappa shape index (κ1) is 19.9. The Bertz CT molecular complexity index is 1100. The summed E-state index contributed by atoms with van der Waals surface area (Å²) >= 11 is 1.25. The Morgan fingerprint density at radius 2 is 1.90 bits per heavy atom. The summed E-state index contributed by atoms with van der Waals surface area (Å²) in [6.07, 6.45) is 1.67. The second kappa shape index (κ2) is 8.16. The molecular weight excluding hydrogens is 398 g/mol. The second-order valence-electron chi connectivity index (χ2n) is 7.05. The molecule has 0 aliphatic carbocycles. The predicted molar refractivity (Wildman–Crippen MR) is 122 cm³/mol. The molecule has 0 radical (unpaired) electrons. The van der Waals surface area contributed by atoms with Crippen molar-refractivity contribution < 1.29 is 9.53 Å². The summed E-state index contributed by atoms with van der Waals surface area (Å²) in [5.74, 6) is 0.354. The molecule has 0 atom stereocenters. The van der Waals surface area contributed by atoms with Gasteiger partial charge in [0.15, 0.2) is 5.84 Å². The van der Waals surface area contributed by atoms with E-state index in [2.05, 4.69) is 10.1 Å². The first-order valence-electron chi connectivity index (χ1n) is 9.37. The lowest BCUT2D eigenvalue weighted by molar-refractivity contribution is -0.114. The number of carbonyl (C=O) groups is 1. The minimum Gasteiger partial charge on any atom is -0.486 e. The van der Waals surface area contributed by atoms with Gasteiger partial charge in [-0.2, -0.15) is 15.1 Å². The van der Waals surface area contributed by atoms with Crippen molar-refractivity contribution in [3.8, 4) is 5.75 Å². The maximum absolute atomic E-state index is 12.5. The number of fused-ring (bicyclic) bond motifs is 1. The number of thioether (sulfide) groups is 1. The summed E-state index contributed by atoms with van der Waals surface area (Å²) in [5, 5.41) is 15.3. The fourth-order valence-electron chi connectivity index (χ4n) is 2.98. The van der Waals surface area contributed by atoms with Crippen molar-refractivity contribution in [1.29, 1.82) is 5.41 Å². The van der Waals surface area contributed by atoms with Crippen molar-refractivity contribution in [3.63, 3.8) is 0 Å². The van der Waals surface area contributed by atoms with Crippen LogP contribution in [-0.4, -0.2) is 47.7 Å². The number of nitrogens with one attached hydrogen (secondary N) is 1. The maximum atomic E-state index is 12.5. The average Bonchev–Trinajstić information content (AvgIpc) is 3.14. The zero-order valence-corrected chi connectivity index (χ0v) is 17.7. The van der Waals surface area contributed by atoms with Crippen LogP contribution in [0.3, 0.4) is 0 Å². The SMILES string of the molecule is Cc1ccccc1OCC1=NN2C(=N)C(=Cc3ccc(N(C)C)cc3)C(=O)N=C2S1. The van der Waals surface area contributed by atoms with Gasteiger partial charge in [-0.05, 0) is 54.1 Å². The van der Waals surface area contributed by atoms with Gasteiger partial charge in [0.05, 0.1) is 5.57 Å². The Morgan fingerprint density at radius 1 is 1.17 bits per heavy atom. The Kier molecular flexibility index (Phi) is 5.41. The Labute approximate surface area is 179 Å². The minimum absolute atomic E-state index is 0.0140. The number of aryl methyl sites for hydroxylation is 1. The minimum atomic E-state index is -0.438. The molecule has 0 fully saturated rings. The van der Waals surface area contributed by atoms with Gasteiger partial charge in [-0.15, -0.1) is 0 Å². The lowest BCUT2D eigenvalue weighted by Gasteiger charge is -2.20. The molecule has 7 nitrogen and oxygen atoms in total. The van der Waals surface area contributed by atoms with Gasteiger partial charge >= 0.3 is 0 Å². The highest BCUT2D eigenvalue weighted by Crippen LogP contribution is 2.29. The molecule has 0 aromatic heterocycles. The lowest BCUT2D eigenvalue weighted by Crippen LogP contribution is -2.35. The molecule has 4 rings (SSSR count). The highest BCUT2D eigenvalue weighted by molar-refractivity contribution is 8.27. The molecule has 30 heavy (non-hydrogen) atoms. The van der Waals surface area contributed by atoms with E-state index in [1.54, 1.807) is 6.08 Å². The number of hydrogen-bond donors (Lipinski definition) is 1. The van der Waals surface area contributed by atoms with Gasteiger partial charge < -0.3 is 9.64 Å². The van der Waals surface area contributed by atoms with Crippen molar-refractivity contribution in [2.45, 2.75) is 6.92 Å². The van der Waals surface area contributed by atoms with E-state index in [0.717, 1.165) is 22.6 Å². The summed E-state index contributed by atoms with van der Waals surface area (Å²) < 4.78 is 5.83. The second-order valence-corrected chi connectivity index (χ2v) is 8.09. The monoisotopic (exact) mass is 419 g/mol. The van der Waals surface area contributed by atoms with Crippen LogP contribution in [0, 0.1) is 12.3 Å². The van der Waals surface area contributed by atoms with Gasteiger partial charge in [0.2, 0.25) is 5.17 Å². The van der Waals surface area contributed by atoms with Crippen LogP contribution in [0.1, 0.15) is 11.1 Å². The molecule has 152 valence electrons. The number of amides is 1. The number of nitrogens with zero attached hydrogens (tertiary/aromatic N) is 4. The zero-order chi connectivity index (χ0) is 21.3. The van der Waals surface area contributed by atoms with Crippen molar-refractivity contribution in [2.24, 2.45) is 10.1 Å². The number of anilines is 1. The van der Waals surface area contributed by atoms with Crippen LogP contribution in [0.4, 0.5) is 5.69 Å². The predicted octanol–water partition coefficient (Wildman–Crippen LogP) is 3.76. The molecule has 1 amide bonds. The highest BCUT2D eigenvalue weighted by Gasteiger charge is 2.35. The molecule has 0 saturated heterocycles. The highest BCUT2D eigenvalue weighted by atomic mass is 32.2. The fraction of sp³-hybridized carbons (Fsp3) is 0.182. The van der Waals surface area contributed by atoms with Crippen molar-refractivity contribution >= 4 is 45.5 Å². The van der Waals surface area contributed by atoms with E-state index < -0.39 is 5.91 Å². The topological polar surface area (TPSA) is 81.4 Å². The van der Waals surface area contributed by atoms with Crippen molar-refractivity contribution in [3.05, 3.63) is 65.2 Å². The summed E-state index contributed by atoms with van der Waals surface area (Å²) in [6.45, 7) is 2.22. The summed E-state index contributed by atoms with van der Waals surface area (Å²) in [5.41, 5.74) is 3.12. The fourth-order valence-corrected chi connectivity index (χ4v) is 3.78. The number of carbonyl (C=O) groups excluding carboxylic acids is 1. The van der Waals surface area contributed by atoms with E-state index in [4.69, 9.17) is 10.1 Å². The molecule has 2 aliphatic rings. The largest absolute Gasteiger partial charge is 0.486 e. The summed E-state index contributed by atoms with van der Waals surface area (Å²) in [4.78, 5) is 18.6. The molecule has 1 N–H and O–H groups in total. The number of hydrogen-bond acceptors (Lipinski definition) is 6. The van der Waals surface area contributed by atoms with Gasteiger partial charge in [-0.3, -0.25) is 10.2 Å². The van der Waals surface area contributed by atoms with E-state index in [0.29, 0.717) is 10.2 Å². The standard InChI is InChI=1S/C22H21N5O2S/c1-14-6-4-5-7-18(14)29-13-19-25-27-20(23)17(21(28)24-22(27)30-19)12-15-8-10-16(11-9-15)26(2)3/h4-12,23H,13H2,1-3H3. The smallest absolute Gasteiger partial charge is 0.283 e. The maximum Gasteiger partial charge on any atom is 0.283 e. The molecular formula is C22H21N5O2S. The van der Waals surface area contributed by atoms with Gasteiger partial charge in [-0.1, -0.05) is 30.3 Å². The van der Waals surface area contributed by atoms with Crippen LogP contribution in [0.15, 0.2) is 64.2 Å². The van der Waals surface area contributed by atoms with Gasteiger partial charge in [0, 0.05) is 19.8 Å². The average molecular weight is 420 g/mol. The molecule has 0 spiro atoms. The summed E-state index contributed by atoms with van der Waals surface area (Å²) in [6, 6.07) is 15.5. The van der Waals surface area contributed by atoms with Crippen molar-refractivity contribution in [2.75, 3.05) is 25.6 Å². The quantitative estimate of drug-likeness (QED) is 0.747. The molecule has 0 unspecified atom stereocenters. The van der Waals surface area contributed by atoms with Crippen LogP contribution < -0.4 is 9.64 Å². The van der Waals surface area contributed by atoms with Crippen LogP contribution in [0.25, 0.3) is 6.08 Å². The third-order valence-corrected chi connectivity index (χ3v) is 5.54. The first-order valence-corrected chi connectivity index (χ1v) is 10.2. The third-order valence-electron chi connectivity index (χ3n) is 4.66. The van der Waals surface area contributed by atoms with E-state index in [1.165, 1.54) is 16.8 Å². The number of amidine groups is 2. The Morgan fingerprint density at radius 3 is 2.60 bits per heavy atom. The van der Waals surface area contributed by atoms with E-state index in [1.807, 2.05) is 74.4 Å². The number of ether oxygens (including phenoxy) is 1. The van der Waals surface area contributed by atoms with Crippen LogP contribution in [-0.2, 0) is 4.79 Å². The molecule has 2 aromatic rings. The van der Waals surface area contributed by atoms with Crippen LogP contribution >= 0.6 is 11.8 Å². The molecule has 2 aromatic carbocycles. The number of aliphatic imine (C=N–C) groups is 1. The normalized spacial score (nSPS) is 17.0. The molecule has 0 bridgehead atoms. The van der Waals surface area contributed by atoms with Crippen LogP contribution in [0.5, 0.6) is 5.75 Å². The van der Waals surface area contributed by atoms with Crippen LogP contribution in [0.2, 0.25) is 0 Å². The van der Waals surface area contributed by atoms with E-state index in [-0.39, 0.29) is 18.0 Å². The third kappa shape index (κ3) is 3.99. The molecule has 0 saturated carbocycles. The number of para-hydroxylation sites is 1. The van der Waals surface area contributed by atoms with Gasteiger partial charge in [0.25, 0.3) is 5.91 Å². The van der Waals surface area contributed by atoms with Gasteiger partial charge in [0.1, 0.15) is 17.4 Å². The lowest BCUT2D eigenvalue weighted by atomic mass is 10.1. The zero-order valence-electron chi connectivity index (χ0n) is 16.9. The van der Waals surface area contributed by atoms with Crippen molar-refractivity contribution in [1.82, 2.24) is 5.01 Å². The molecule has 2 heterocycles. The summed E-state index contributed by atoms with van der Waals surface area (Å²) in [7, 11) is 3.93. The van der Waals surface area contributed by atoms with E-state index in [9.17, 15) is 4.79 Å². The van der Waals surface area contributed by atoms with E-state index >= 15 is 0 Å². The molecule has 2 aliphatic heterocycles. The number of hydrazone groups is 1. The first-order chi connectivity index (χ1) is 14.4.